The van der Waals surface area contributed by atoms with E-state index < -0.39 is 0 Å². The Labute approximate surface area is 73.2 Å². The molecule has 4 heteroatoms. The molecule has 0 bridgehead atoms. The molecule has 0 N–H and O–H groups in total. The molecule has 3 aromatic rings. The largest absolute Gasteiger partial charge is 0.443 e. The van der Waals surface area contributed by atoms with Crippen LogP contribution in [0.4, 0.5) is 0 Å². The SMILES string of the molecule is c1ncc2ccc3ocnc3c2n1. The fourth-order valence-corrected chi connectivity index (χ4v) is 1.38. The van der Waals surface area contributed by atoms with Crippen molar-refractivity contribution in [3.05, 3.63) is 31.1 Å². The van der Waals surface area contributed by atoms with Gasteiger partial charge >= 0.3 is 0 Å². The predicted molar refractivity (Wildman–Crippen MR) is 47.1 cm³/mol. The highest BCUT2D eigenvalue weighted by molar-refractivity contribution is 5.99. The standard InChI is InChI=1S/C9H5N3O/c1-2-7-9(12-5-13-7)8-6(1)3-10-4-11-8/h1-5H. The normalized spacial score (nSPS) is 11.1. The van der Waals surface area contributed by atoms with Crippen LogP contribution in [0.3, 0.4) is 0 Å². The second kappa shape index (κ2) is 2.26. The van der Waals surface area contributed by atoms with Crippen molar-refractivity contribution in [3.63, 3.8) is 0 Å². The molecule has 0 aliphatic carbocycles. The average molecular weight is 171 g/mol. The molecule has 0 unspecified atom stereocenters. The lowest BCUT2D eigenvalue weighted by Crippen LogP contribution is -1.81. The molecule has 0 saturated carbocycles. The molecule has 3 rings (SSSR count). The third kappa shape index (κ3) is 0.823. The smallest absolute Gasteiger partial charge is 0.182 e. The molecule has 0 atom stereocenters. The highest BCUT2D eigenvalue weighted by Crippen LogP contribution is 2.20. The van der Waals surface area contributed by atoms with E-state index in [1.165, 1.54) is 12.7 Å². The summed E-state index contributed by atoms with van der Waals surface area (Å²) in [7, 11) is 0. The zero-order valence-electron chi connectivity index (χ0n) is 6.64. The van der Waals surface area contributed by atoms with E-state index in [0.29, 0.717) is 0 Å². The van der Waals surface area contributed by atoms with Crippen LogP contribution >= 0.6 is 0 Å². The number of nitrogens with zero attached hydrogens (tertiary/aromatic N) is 3. The van der Waals surface area contributed by atoms with Crippen molar-refractivity contribution in [2.75, 3.05) is 0 Å². The average Bonchev–Trinajstić information content (AvgIpc) is 2.65. The van der Waals surface area contributed by atoms with Gasteiger partial charge in [0.25, 0.3) is 0 Å². The van der Waals surface area contributed by atoms with E-state index in [9.17, 15) is 0 Å². The Morgan fingerprint density at radius 1 is 1.08 bits per heavy atom. The van der Waals surface area contributed by atoms with Gasteiger partial charge in [0.05, 0.1) is 0 Å². The summed E-state index contributed by atoms with van der Waals surface area (Å²) in [6.45, 7) is 0. The summed E-state index contributed by atoms with van der Waals surface area (Å²) in [6.07, 6.45) is 4.69. The topological polar surface area (TPSA) is 51.8 Å². The van der Waals surface area contributed by atoms with E-state index in [4.69, 9.17) is 4.42 Å². The van der Waals surface area contributed by atoms with Crippen molar-refractivity contribution >= 4 is 22.0 Å². The van der Waals surface area contributed by atoms with Gasteiger partial charge in [0.1, 0.15) is 17.4 Å². The highest BCUT2D eigenvalue weighted by atomic mass is 16.3. The highest BCUT2D eigenvalue weighted by Gasteiger charge is 2.03. The van der Waals surface area contributed by atoms with Crippen molar-refractivity contribution < 1.29 is 4.42 Å². The van der Waals surface area contributed by atoms with Crippen LogP contribution in [0, 0.1) is 0 Å². The Bertz CT molecular complexity index is 573. The number of hydrogen-bond acceptors (Lipinski definition) is 4. The molecule has 0 amide bonds. The molecule has 62 valence electrons. The third-order valence-electron chi connectivity index (χ3n) is 1.97. The second-order valence-electron chi connectivity index (χ2n) is 2.73. The summed E-state index contributed by atoms with van der Waals surface area (Å²) < 4.78 is 5.15. The first-order valence-electron chi connectivity index (χ1n) is 3.87. The molecule has 0 aliphatic heterocycles. The van der Waals surface area contributed by atoms with E-state index in [2.05, 4.69) is 15.0 Å². The molecular weight excluding hydrogens is 166 g/mol. The second-order valence-corrected chi connectivity index (χ2v) is 2.73. The van der Waals surface area contributed by atoms with Crippen molar-refractivity contribution in [2.45, 2.75) is 0 Å². The van der Waals surface area contributed by atoms with E-state index in [1.54, 1.807) is 6.20 Å². The summed E-state index contributed by atoms with van der Waals surface area (Å²) in [6, 6.07) is 3.79. The quantitative estimate of drug-likeness (QED) is 0.517. The van der Waals surface area contributed by atoms with Crippen LogP contribution in [-0.4, -0.2) is 15.0 Å². The van der Waals surface area contributed by atoms with Crippen LogP contribution in [0.25, 0.3) is 22.0 Å². The summed E-state index contributed by atoms with van der Waals surface area (Å²) in [5.41, 5.74) is 2.38. The van der Waals surface area contributed by atoms with E-state index in [1.807, 2.05) is 12.1 Å². The first kappa shape index (κ1) is 6.54. The monoisotopic (exact) mass is 171 g/mol. The maximum atomic E-state index is 5.15. The molecular formula is C9H5N3O. The van der Waals surface area contributed by atoms with Crippen LogP contribution in [0.15, 0.2) is 35.5 Å². The van der Waals surface area contributed by atoms with E-state index in [0.717, 1.165) is 22.0 Å². The maximum Gasteiger partial charge on any atom is 0.182 e. The Morgan fingerprint density at radius 2 is 2.08 bits per heavy atom. The molecule has 1 aromatic carbocycles. The van der Waals surface area contributed by atoms with Gasteiger partial charge in [-0.2, -0.15) is 0 Å². The van der Waals surface area contributed by atoms with Crippen LogP contribution in [0.2, 0.25) is 0 Å². The van der Waals surface area contributed by atoms with Crippen LogP contribution in [0.1, 0.15) is 0 Å². The zero-order valence-corrected chi connectivity index (χ0v) is 6.64. The maximum absolute atomic E-state index is 5.15. The Hall–Kier alpha value is -1.97. The van der Waals surface area contributed by atoms with Gasteiger partial charge in [0.15, 0.2) is 12.0 Å². The van der Waals surface area contributed by atoms with Gasteiger partial charge in [-0.25, -0.2) is 15.0 Å². The number of rotatable bonds is 0. The number of oxazole rings is 1. The van der Waals surface area contributed by atoms with Gasteiger partial charge in [-0.15, -0.1) is 0 Å². The van der Waals surface area contributed by atoms with Crippen LogP contribution < -0.4 is 0 Å². The predicted octanol–water partition coefficient (Wildman–Crippen LogP) is 1.77. The number of fused-ring (bicyclic) bond motifs is 3. The van der Waals surface area contributed by atoms with Gasteiger partial charge in [-0.3, -0.25) is 0 Å². The third-order valence-corrected chi connectivity index (χ3v) is 1.97. The zero-order chi connectivity index (χ0) is 8.67. The first-order chi connectivity index (χ1) is 6.45. The molecule has 13 heavy (non-hydrogen) atoms. The Kier molecular flexibility index (Phi) is 1.14. The minimum Gasteiger partial charge on any atom is -0.443 e. The van der Waals surface area contributed by atoms with Crippen LogP contribution in [0.5, 0.6) is 0 Å². The van der Waals surface area contributed by atoms with Crippen LogP contribution in [-0.2, 0) is 0 Å². The minimum absolute atomic E-state index is 0.756. The van der Waals surface area contributed by atoms with E-state index in [-0.39, 0.29) is 0 Å². The number of aromatic nitrogens is 3. The fourth-order valence-electron chi connectivity index (χ4n) is 1.38. The van der Waals surface area contributed by atoms with Gasteiger partial charge in [-0.1, -0.05) is 0 Å². The van der Waals surface area contributed by atoms with Gasteiger partial charge in [-0.05, 0) is 12.1 Å². The summed E-state index contributed by atoms with van der Waals surface area (Å²) in [5, 5.41) is 0.976. The van der Waals surface area contributed by atoms with Crippen molar-refractivity contribution in [1.29, 1.82) is 0 Å². The summed E-state index contributed by atoms with van der Waals surface area (Å²) in [4.78, 5) is 12.2. The van der Waals surface area contributed by atoms with Gasteiger partial charge in [0, 0.05) is 11.6 Å². The molecule has 0 radical (unpaired) electrons. The molecule has 0 spiro atoms. The summed E-state index contributed by atoms with van der Waals surface area (Å²) in [5.74, 6) is 0. The molecule has 0 aliphatic rings. The minimum atomic E-state index is 0.756. The molecule has 0 saturated heterocycles. The summed E-state index contributed by atoms with van der Waals surface area (Å²) >= 11 is 0. The molecule has 4 nitrogen and oxygen atoms in total. The lowest BCUT2D eigenvalue weighted by atomic mass is 10.2. The van der Waals surface area contributed by atoms with Gasteiger partial charge in [0.2, 0.25) is 0 Å². The number of hydrogen-bond donors (Lipinski definition) is 0. The van der Waals surface area contributed by atoms with Crippen molar-refractivity contribution in [1.82, 2.24) is 15.0 Å². The van der Waals surface area contributed by atoms with E-state index >= 15 is 0 Å². The van der Waals surface area contributed by atoms with Crippen molar-refractivity contribution in [2.24, 2.45) is 0 Å². The Morgan fingerprint density at radius 3 is 3.08 bits per heavy atom. The fraction of sp³-hybridized carbons (Fsp3) is 0. The van der Waals surface area contributed by atoms with Gasteiger partial charge < -0.3 is 4.42 Å². The van der Waals surface area contributed by atoms with Crippen molar-refractivity contribution in [3.8, 4) is 0 Å². The number of benzene rings is 1. The Balaban J connectivity index is 2.65. The first-order valence-corrected chi connectivity index (χ1v) is 3.87. The molecule has 2 aromatic heterocycles. The lowest BCUT2D eigenvalue weighted by Gasteiger charge is -1.93. The lowest BCUT2D eigenvalue weighted by molar-refractivity contribution is 0.602. The molecule has 0 fully saturated rings. The molecule has 2 heterocycles.